The van der Waals surface area contributed by atoms with Crippen molar-refractivity contribution in [3.63, 3.8) is 0 Å². The van der Waals surface area contributed by atoms with Gasteiger partial charge in [0.15, 0.2) is 0 Å². The molecule has 6 rings (SSSR count). The minimum Gasteiger partial charge on any atom is -0.491 e. The molecule has 3 aliphatic heterocycles. The second-order valence-electron chi connectivity index (χ2n) is 11.5. The summed E-state index contributed by atoms with van der Waals surface area (Å²) in [6, 6.07) is 12.2. The van der Waals surface area contributed by atoms with Gasteiger partial charge in [-0.15, -0.1) is 0 Å². The molecular formula is C29H37ClN2O3. The summed E-state index contributed by atoms with van der Waals surface area (Å²) in [5.41, 5.74) is 4.29. The highest BCUT2D eigenvalue weighted by atomic mass is 35.5. The Kier molecular flexibility index (Phi) is 6.52. The second-order valence-corrected chi connectivity index (χ2v) is 11.9. The Hall–Kier alpha value is -2.24. The number of nitrogens with zero attached hydrogens (tertiary/aromatic N) is 2. The number of piperidine rings is 3. The molecule has 3 saturated heterocycles. The van der Waals surface area contributed by atoms with E-state index in [9.17, 15) is 9.90 Å². The molecule has 5 nitrogen and oxygen atoms in total. The SMILES string of the molecule is CC(C)Oc1ccc(-c2ccc3c(c2)CCC(C)(C)[C@H]3N(C(=O)O)[C@@H]2CN3CCC2CC3)c(Cl)c1. The van der Waals surface area contributed by atoms with E-state index in [1.165, 1.54) is 5.56 Å². The number of rotatable bonds is 5. The minimum absolute atomic E-state index is 0.0628. The van der Waals surface area contributed by atoms with Crippen LogP contribution in [0.3, 0.4) is 0 Å². The Morgan fingerprint density at radius 1 is 1.17 bits per heavy atom. The average Bonchev–Trinajstić information content (AvgIpc) is 2.81. The summed E-state index contributed by atoms with van der Waals surface area (Å²) in [6.07, 6.45) is 3.39. The maximum Gasteiger partial charge on any atom is 0.408 e. The summed E-state index contributed by atoms with van der Waals surface area (Å²) in [4.78, 5) is 17.1. The van der Waals surface area contributed by atoms with Crippen molar-refractivity contribution in [2.45, 2.75) is 71.6 Å². The second kappa shape index (κ2) is 9.33. The summed E-state index contributed by atoms with van der Waals surface area (Å²) < 4.78 is 5.79. The van der Waals surface area contributed by atoms with Gasteiger partial charge in [0.25, 0.3) is 0 Å². The number of carboxylic acid groups (broad SMARTS) is 1. The predicted molar refractivity (Wildman–Crippen MR) is 140 cm³/mol. The molecular weight excluding hydrogens is 460 g/mol. The van der Waals surface area contributed by atoms with Crippen molar-refractivity contribution in [2.24, 2.45) is 11.3 Å². The number of hydrogen-bond acceptors (Lipinski definition) is 3. The van der Waals surface area contributed by atoms with E-state index in [0.717, 1.165) is 67.8 Å². The summed E-state index contributed by atoms with van der Waals surface area (Å²) in [5, 5.41) is 11.2. The quantitative estimate of drug-likeness (QED) is 0.490. The van der Waals surface area contributed by atoms with Gasteiger partial charge in [0.2, 0.25) is 0 Å². The zero-order valence-corrected chi connectivity index (χ0v) is 22.0. The molecule has 1 aliphatic carbocycles. The zero-order valence-electron chi connectivity index (χ0n) is 21.3. The molecule has 35 heavy (non-hydrogen) atoms. The molecule has 4 aliphatic rings. The van der Waals surface area contributed by atoms with Crippen LogP contribution in [0.4, 0.5) is 4.79 Å². The van der Waals surface area contributed by atoms with Crippen LogP contribution in [0.5, 0.6) is 5.75 Å². The molecule has 2 aromatic rings. The fourth-order valence-corrected chi connectivity index (χ4v) is 6.85. The van der Waals surface area contributed by atoms with Gasteiger partial charge < -0.3 is 14.7 Å². The molecule has 6 heteroatoms. The van der Waals surface area contributed by atoms with E-state index in [4.69, 9.17) is 16.3 Å². The maximum atomic E-state index is 12.8. The smallest absolute Gasteiger partial charge is 0.408 e. The highest BCUT2D eigenvalue weighted by Crippen LogP contribution is 2.50. The molecule has 1 amide bonds. The Bertz CT molecular complexity index is 1110. The third kappa shape index (κ3) is 4.65. The van der Waals surface area contributed by atoms with Crippen LogP contribution in [-0.2, 0) is 6.42 Å². The van der Waals surface area contributed by atoms with Crippen molar-refractivity contribution in [3.8, 4) is 16.9 Å². The molecule has 0 radical (unpaired) electrons. The first-order chi connectivity index (χ1) is 16.6. The zero-order chi connectivity index (χ0) is 24.9. The van der Waals surface area contributed by atoms with E-state index in [1.54, 1.807) is 0 Å². The number of ether oxygens (including phenoxy) is 1. The molecule has 188 valence electrons. The van der Waals surface area contributed by atoms with E-state index in [1.807, 2.05) is 36.9 Å². The molecule has 0 spiro atoms. The Balaban J connectivity index is 1.51. The fraction of sp³-hybridized carbons (Fsp3) is 0.552. The molecule has 1 N–H and O–H groups in total. The van der Waals surface area contributed by atoms with Crippen LogP contribution in [0.15, 0.2) is 36.4 Å². The molecule has 0 unspecified atom stereocenters. The van der Waals surface area contributed by atoms with Crippen molar-refractivity contribution >= 4 is 17.7 Å². The lowest BCUT2D eigenvalue weighted by Gasteiger charge is -2.54. The lowest BCUT2D eigenvalue weighted by molar-refractivity contribution is -0.0352. The van der Waals surface area contributed by atoms with Gasteiger partial charge in [-0.05, 0) is 98.8 Å². The molecule has 0 saturated carbocycles. The van der Waals surface area contributed by atoms with Crippen molar-refractivity contribution in [1.29, 1.82) is 0 Å². The number of hydrogen-bond donors (Lipinski definition) is 1. The van der Waals surface area contributed by atoms with Crippen LogP contribution in [0.2, 0.25) is 5.02 Å². The number of carbonyl (C=O) groups is 1. The van der Waals surface area contributed by atoms with Gasteiger partial charge >= 0.3 is 6.09 Å². The molecule has 3 fully saturated rings. The van der Waals surface area contributed by atoms with Crippen LogP contribution >= 0.6 is 11.6 Å². The molecule has 3 heterocycles. The number of halogens is 1. The summed E-state index contributed by atoms with van der Waals surface area (Å²) in [6.45, 7) is 11.5. The molecule has 2 bridgehead atoms. The van der Waals surface area contributed by atoms with Crippen LogP contribution in [0, 0.1) is 11.3 Å². The lowest BCUT2D eigenvalue weighted by atomic mass is 9.68. The van der Waals surface area contributed by atoms with Gasteiger partial charge in [-0.3, -0.25) is 4.90 Å². The minimum atomic E-state index is -0.789. The van der Waals surface area contributed by atoms with Crippen molar-refractivity contribution in [1.82, 2.24) is 9.80 Å². The van der Waals surface area contributed by atoms with Crippen LogP contribution in [0.1, 0.15) is 64.1 Å². The van der Waals surface area contributed by atoms with Crippen LogP contribution < -0.4 is 4.74 Å². The van der Waals surface area contributed by atoms with E-state index < -0.39 is 6.09 Å². The van der Waals surface area contributed by atoms with Crippen LogP contribution in [0.25, 0.3) is 11.1 Å². The fourth-order valence-electron chi connectivity index (χ4n) is 6.57. The van der Waals surface area contributed by atoms with E-state index >= 15 is 0 Å². The van der Waals surface area contributed by atoms with E-state index in [-0.39, 0.29) is 23.6 Å². The van der Waals surface area contributed by atoms with Crippen molar-refractivity contribution < 1.29 is 14.6 Å². The van der Waals surface area contributed by atoms with Crippen LogP contribution in [-0.4, -0.2) is 52.8 Å². The highest BCUT2D eigenvalue weighted by Gasteiger charge is 2.48. The summed E-state index contributed by atoms with van der Waals surface area (Å²) >= 11 is 6.66. The lowest BCUT2D eigenvalue weighted by Crippen LogP contribution is -2.61. The molecule has 2 aromatic carbocycles. The predicted octanol–water partition coefficient (Wildman–Crippen LogP) is 6.88. The number of fused-ring (bicyclic) bond motifs is 4. The number of aryl methyl sites for hydroxylation is 1. The standard InChI is InChI=1S/C29H37ClN2O3/c1-18(2)35-22-6-8-23(25(30)16-22)20-5-7-24-21(15-20)9-12-29(3,4)27(24)32(28(33)34)26-17-31-13-10-19(26)11-14-31/h5-8,15-16,18-19,26-27H,9-14,17H2,1-4H3,(H,33,34)/t26-,27+/m1/s1. The van der Waals surface area contributed by atoms with Gasteiger partial charge in [0, 0.05) is 12.1 Å². The largest absolute Gasteiger partial charge is 0.491 e. The van der Waals surface area contributed by atoms with Gasteiger partial charge in [0.1, 0.15) is 5.75 Å². The number of benzene rings is 2. The first-order valence-corrected chi connectivity index (χ1v) is 13.3. The normalized spacial score (nSPS) is 26.9. The van der Waals surface area contributed by atoms with Gasteiger partial charge in [-0.25, -0.2) is 4.79 Å². The maximum absolute atomic E-state index is 12.8. The highest BCUT2D eigenvalue weighted by molar-refractivity contribution is 6.33. The monoisotopic (exact) mass is 496 g/mol. The van der Waals surface area contributed by atoms with Gasteiger partial charge in [-0.1, -0.05) is 43.6 Å². The van der Waals surface area contributed by atoms with Crippen molar-refractivity contribution in [3.05, 3.63) is 52.5 Å². The van der Waals surface area contributed by atoms with E-state index in [0.29, 0.717) is 10.9 Å². The van der Waals surface area contributed by atoms with E-state index in [2.05, 4.69) is 36.9 Å². The van der Waals surface area contributed by atoms with Gasteiger partial charge in [0.05, 0.1) is 23.2 Å². The number of amides is 1. The third-order valence-corrected chi connectivity index (χ3v) is 8.63. The van der Waals surface area contributed by atoms with Crippen molar-refractivity contribution in [2.75, 3.05) is 19.6 Å². The summed E-state index contributed by atoms with van der Waals surface area (Å²) in [7, 11) is 0. The Morgan fingerprint density at radius 2 is 1.91 bits per heavy atom. The topological polar surface area (TPSA) is 53.0 Å². The molecule has 0 aromatic heterocycles. The Labute approximate surface area is 214 Å². The molecule has 2 atom stereocenters. The first-order valence-electron chi connectivity index (χ1n) is 13.0. The summed E-state index contributed by atoms with van der Waals surface area (Å²) in [5.74, 6) is 1.23. The Morgan fingerprint density at radius 3 is 2.51 bits per heavy atom. The van der Waals surface area contributed by atoms with Gasteiger partial charge in [-0.2, -0.15) is 0 Å². The first kappa shape index (κ1) is 24.5. The average molecular weight is 497 g/mol. The third-order valence-electron chi connectivity index (χ3n) is 8.32.